The van der Waals surface area contributed by atoms with Crippen LogP contribution in [0.3, 0.4) is 0 Å². The first-order chi connectivity index (χ1) is 9.60. The van der Waals surface area contributed by atoms with Gasteiger partial charge in [-0.25, -0.2) is 9.97 Å². The highest BCUT2D eigenvalue weighted by molar-refractivity contribution is 14.1. The zero-order chi connectivity index (χ0) is 14.5. The molecule has 0 bridgehead atoms. The summed E-state index contributed by atoms with van der Waals surface area (Å²) < 4.78 is 0.994. The summed E-state index contributed by atoms with van der Waals surface area (Å²) in [5.74, 6) is 2.17. The van der Waals surface area contributed by atoms with Crippen molar-refractivity contribution in [3.05, 3.63) is 44.9 Å². The van der Waals surface area contributed by atoms with E-state index in [0.29, 0.717) is 5.82 Å². The van der Waals surface area contributed by atoms with Crippen molar-refractivity contribution in [2.75, 3.05) is 5.73 Å². The van der Waals surface area contributed by atoms with Gasteiger partial charge in [-0.3, -0.25) is 0 Å². The number of aryl methyl sites for hydroxylation is 2. The molecule has 1 aromatic carbocycles. The highest BCUT2D eigenvalue weighted by atomic mass is 127. The Morgan fingerprint density at radius 1 is 1.20 bits per heavy atom. The number of thioether (sulfide) groups is 1. The zero-order valence-corrected chi connectivity index (χ0v) is 14.7. The van der Waals surface area contributed by atoms with Crippen molar-refractivity contribution < 1.29 is 0 Å². The largest absolute Gasteiger partial charge is 0.383 e. The molecule has 0 unspecified atom stereocenters. The standard InChI is InChI=1S/C15H18IN3S/c1-3-4-12-14(16)15(17)19-13(18-12)9-20-11-7-5-10(2)6-8-11/h5-8H,3-4,9H2,1-2H3,(H2,17,18,19). The summed E-state index contributed by atoms with van der Waals surface area (Å²) in [6, 6.07) is 8.49. The normalized spacial score (nSPS) is 10.8. The van der Waals surface area contributed by atoms with Crippen LogP contribution in [0.15, 0.2) is 29.2 Å². The van der Waals surface area contributed by atoms with Gasteiger partial charge in [0.1, 0.15) is 11.6 Å². The summed E-state index contributed by atoms with van der Waals surface area (Å²) in [5, 5.41) is 0. The molecular weight excluding hydrogens is 381 g/mol. The first-order valence-electron chi connectivity index (χ1n) is 6.60. The second kappa shape index (κ2) is 7.26. The molecule has 0 aliphatic carbocycles. The van der Waals surface area contributed by atoms with Crippen LogP contribution in [0.5, 0.6) is 0 Å². The second-order valence-corrected chi connectivity index (χ2v) is 6.76. The van der Waals surface area contributed by atoms with Gasteiger partial charge in [0.2, 0.25) is 0 Å². The van der Waals surface area contributed by atoms with E-state index < -0.39 is 0 Å². The Labute approximate surface area is 137 Å². The van der Waals surface area contributed by atoms with Crippen LogP contribution in [0.4, 0.5) is 5.82 Å². The van der Waals surface area contributed by atoms with Gasteiger partial charge in [0, 0.05) is 4.90 Å². The van der Waals surface area contributed by atoms with E-state index in [4.69, 9.17) is 5.73 Å². The molecule has 0 aliphatic heterocycles. The lowest BCUT2D eigenvalue weighted by Crippen LogP contribution is -2.06. The minimum Gasteiger partial charge on any atom is -0.383 e. The quantitative estimate of drug-likeness (QED) is 0.605. The van der Waals surface area contributed by atoms with E-state index >= 15 is 0 Å². The van der Waals surface area contributed by atoms with Gasteiger partial charge in [0.05, 0.1) is 15.0 Å². The van der Waals surface area contributed by atoms with Crippen molar-refractivity contribution in [1.82, 2.24) is 9.97 Å². The summed E-state index contributed by atoms with van der Waals surface area (Å²) in [5.41, 5.74) is 8.31. The van der Waals surface area contributed by atoms with Gasteiger partial charge >= 0.3 is 0 Å². The second-order valence-electron chi connectivity index (χ2n) is 4.64. The first kappa shape index (κ1) is 15.6. The molecule has 0 saturated carbocycles. The summed E-state index contributed by atoms with van der Waals surface area (Å²) in [4.78, 5) is 10.3. The first-order valence-corrected chi connectivity index (χ1v) is 8.66. The number of benzene rings is 1. The van der Waals surface area contributed by atoms with Crippen molar-refractivity contribution in [2.24, 2.45) is 0 Å². The molecule has 0 radical (unpaired) electrons. The lowest BCUT2D eigenvalue weighted by Gasteiger charge is -2.08. The molecular formula is C15H18IN3S. The minimum absolute atomic E-state index is 0.601. The Bertz CT molecular complexity index is 584. The molecule has 0 atom stereocenters. The smallest absolute Gasteiger partial charge is 0.141 e. The van der Waals surface area contributed by atoms with Gasteiger partial charge in [0.15, 0.2) is 0 Å². The Morgan fingerprint density at radius 2 is 1.90 bits per heavy atom. The predicted octanol–water partition coefficient (Wildman–Crippen LogP) is 4.22. The van der Waals surface area contributed by atoms with Crippen molar-refractivity contribution in [3.8, 4) is 0 Å². The lowest BCUT2D eigenvalue weighted by atomic mass is 10.2. The topological polar surface area (TPSA) is 51.8 Å². The summed E-state index contributed by atoms with van der Waals surface area (Å²) >= 11 is 3.97. The zero-order valence-electron chi connectivity index (χ0n) is 11.7. The summed E-state index contributed by atoms with van der Waals surface area (Å²) in [7, 11) is 0. The van der Waals surface area contributed by atoms with E-state index in [1.54, 1.807) is 11.8 Å². The SMILES string of the molecule is CCCc1nc(CSc2ccc(C)cc2)nc(N)c1I. The van der Waals surface area contributed by atoms with Crippen LogP contribution < -0.4 is 5.73 Å². The molecule has 0 fully saturated rings. The van der Waals surface area contributed by atoms with Crippen LogP contribution >= 0.6 is 34.4 Å². The maximum absolute atomic E-state index is 5.97. The van der Waals surface area contributed by atoms with E-state index in [0.717, 1.165) is 33.7 Å². The highest BCUT2D eigenvalue weighted by Gasteiger charge is 2.09. The van der Waals surface area contributed by atoms with Gasteiger partial charge in [-0.05, 0) is 48.1 Å². The number of nitrogens with two attached hydrogens (primary N) is 1. The average molecular weight is 399 g/mol. The fraction of sp³-hybridized carbons (Fsp3) is 0.333. The van der Waals surface area contributed by atoms with Crippen LogP contribution in [0.2, 0.25) is 0 Å². The Morgan fingerprint density at radius 3 is 2.55 bits per heavy atom. The molecule has 3 nitrogen and oxygen atoms in total. The summed E-state index contributed by atoms with van der Waals surface area (Å²) in [6.45, 7) is 4.24. The van der Waals surface area contributed by atoms with E-state index in [1.807, 2.05) is 0 Å². The van der Waals surface area contributed by atoms with Crippen LogP contribution in [0.25, 0.3) is 0 Å². The molecule has 106 valence electrons. The molecule has 2 rings (SSSR count). The molecule has 2 N–H and O–H groups in total. The van der Waals surface area contributed by atoms with Gasteiger partial charge < -0.3 is 5.73 Å². The van der Waals surface area contributed by atoms with E-state index in [1.165, 1.54) is 10.5 Å². The maximum Gasteiger partial charge on any atom is 0.141 e. The van der Waals surface area contributed by atoms with Crippen LogP contribution in [0.1, 0.15) is 30.4 Å². The van der Waals surface area contributed by atoms with E-state index in [-0.39, 0.29) is 0 Å². The van der Waals surface area contributed by atoms with Crippen molar-refractivity contribution in [3.63, 3.8) is 0 Å². The van der Waals surface area contributed by atoms with Gasteiger partial charge in [-0.2, -0.15) is 0 Å². The van der Waals surface area contributed by atoms with Crippen LogP contribution in [-0.4, -0.2) is 9.97 Å². The molecule has 0 spiro atoms. The van der Waals surface area contributed by atoms with Crippen LogP contribution in [0, 0.1) is 10.5 Å². The van der Waals surface area contributed by atoms with Gasteiger partial charge in [-0.15, -0.1) is 11.8 Å². The molecule has 0 amide bonds. The number of nitrogen functional groups attached to an aromatic ring is 1. The van der Waals surface area contributed by atoms with Crippen molar-refractivity contribution in [1.29, 1.82) is 0 Å². The Balaban J connectivity index is 2.11. The number of halogens is 1. The molecule has 0 saturated heterocycles. The third-order valence-electron chi connectivity index (χ3n) is 2.87. The number of hydrogen-bond acceptors (Lipinski definition) is 4. The monoisotopic (exact) mass is 399 g/mol. The number of aromatic nitrogens is 2. The molecule has 1 aromatic heterocycles. The molecule has 1 heterocycles. The lowest BCUT2D eigenvalue weighted by molar-refractivity contribution is 0.848. The number of hydrogen-bond donors (Lipinski definition) is 1. The molecule has 2 aromatic rings. The fourth-order valence-corrected chi connectivity index (χ4v) is 3.08. The van der Waals surface area contributed by atoms with Gasteiger partial charge in [0.25, 0.3) is 0 Å². The maximum atomic E-state index is 5.97. The molecule has 20 heavy (non-hydrogen) atoms. The predicted molar refractivity (Wildman–Crippen MR) is 93.9 cm³/mol. The van der Waals surface area contributed by atoms with Crippen molar-refractivity contribution >= 4 is 40.2 Å². The third kappa shape index (κ3) is 4.09. The van der Waals surface area contributed by atoms with Crippen molar-refractivity contribution in [2.45, 2.75) is 37.3 Å². The highest BCUT2D eigenvalue weighted by Crippen LogP contribution is 2.24. The van der Waals surface area contributed by atoms with E-state index in [2.05, 4.69) is 70.7 Å². The third-order valence-corrected chi connectivity index (χ3v) is 5.05. The Hall–Kier alpha value is -0.820. The van der Waals surface area contributed by atoms with Gasteiger partial charge in [-0.1, -0.05) is 31.0 Å². The number of rotatable bonds is 5. The van der Waals surface area contributed by atoms with Crippen LogP contribution in [-0.2, 0) is 12.2 Å². The summed E-state index contributed by atoms with van der Waals surface area (Å²) in [6.07, 6.45) is 2.02. The number of anilines is 1. The fourth-order valence-electron chi connectivity index (χ4n) is 1.82. The minimum atomic E-state index is 0.601. The molecule has 5 heteroatoms. The Kier molecular flexibility index (Phi) is 5.65. The van der Waals surface area contributed by atoms with E-state index in [9.17, 15) is 0 Å². The average Bonchev–Trinajstić information content (AvgIpc) is 2.44. The number of nitrogens with zero attached hydrogens (tertiary/aromatic N) is 2. The molecule has 0 aliphatic rings.